The molecular weight excluding hydrogens is 83.5 g/mol. The molecule has 0 amide bonds. The first-order valence-electron chi connectivity index (χ1n) is 2.00. The van der Waals surface area contributed by atoms with E-state index in [9.17, 15) is 0 Å². The van der Waals surface area contributed by atoms with Gasteiger partial charge >= 0.3 is 0 Å². The van der Waals surface area contributed by atoms with Gasteiger partial charge in [0.15, 0.2) is 0 Å². The fourth-order valence-corrected chi connectivity index (χ4v) is 0.250. The van der Waals surface area contributed by atoms with E-state index in [1.807, 2.05) is 0 Å². The predicted molar refractivity (Wildman–Crippen MR) is 25.7 cm³/mol. The van der Waals surface area contributed by atoms with Crippen molar-refractivity contribution in [3.8, 4) is 0 Å². The van der Waals surface area contributed by atoms with Crippen LogP contribution in [0.1, 0.15) is 25.7 Å². The van der Waals surface area contributed by atoms with E-state index in [1.165, 1.54) is 25.7 Å². The van der Waals surface area contributed by atoms with E-state index in [4.69, 9.17) is 0 Å². The van der Waals surface area contributed by atoms with Gasteiger partial charge in [0.05, 0.1) is 0 Å². The van der Waals surface area contributed by atoms with Crippen LogP contribution in [-0.4, -0.2) is 0 Å². The molecule has 1 aliphatic carbocycles. The molecule has 0 nitrogen and oxygen atoms in total. The number of halogens is 1. The summed E-state index contributed by atoms with van der Waals surface area (Å²) < 4.78 is 0. The Hall–Kier alpha value is 0.290. The molecule has 0 bridgehead atoms. The minimum atomic E-state index is 0. The third-order valence-electron chi connectivity index (χ3n) is 1.000. The molecule has 0 radical (unpaired) electrons. The van der Waals surface area contributed by atoms with Gasteiger partial charge in [-0.3, -0.25) is 0 Å². The summed E-state index contributed by atoms with van der Waals surface area (Å²) in [5.74, 6) is 0. The summed E-state index contributed by atoms with van der Waals surface area (Å²) in [5.41, 5.74) is 0. The number of rotatable bonds is 0. The summed E-state index contributed by atoms with van der Waals surface area (Å²) in [4.78, 5) is 0. The lowest BCUT2D eigenvalue weighted by molar-refractivity contribution is 0.504. The fraction of sp³-hybridized carbons (Fsp3) is 1.00. The van der Waals surface area contributed by atoms with Gasteiger partial charge < -0.3 is 0 Å². The van der Waals surface area contributed by atoms with E-state index in [1.54, 1.807) is 0 Å². The lowest BCUT2D eigenvalue weighted by Gasteiger charge is -2.05. The Balaban J connectivity index is 0.000000160. The van der Waals surface area contributed by atoms with Crippen LogP contribution in [0.5, 0.6) is 0 Å². The van der Waals surface area contributed by atoms with Gasteiger partial charge in [0, 0.05) is 0 Å². The van der Waals surface area contributed by atoms with Crippen molar-refractivity contribution < 1.29 is 0 Å². The lowest BCUT2D eigenvalue weighted by atomic mass is 10.0. The maximum absolute atomic E-state index is 1.50. The maximum Gasteiger partial charge on any atom is -0.0533 e. The van der Waals surface area contributed by atoms with Crippen molar-refractivity contribution in [1.29, 1.82) is 0 Å². The summed E-state index contributed by atoms with van der Waals surface area (Å²) >= 11 is 0. The molecule has 32 valence electrons. The average molecular weight is 92.6 g/mol. The Morgan fingerprint density at radius 2 is 0.800 bits per heavy atom. The molecule has 0 aromatic heterocycles. The summed E-state index contributed by atoms with van der Waals surface area (Å²) in [6.07, 6.45) is 6.00. The molecule has 0 saturated heterocycles. The van der Waals surface area contributed by atoms with Gasteiger partial charge in [-0.2, -0.15) is 0 Å². The third kappa shape index (κ3) is 1.22. The zero-order valence-corrected chi connectivity index (χ0v) is 4.05. The SMILES string of the molecule is C1CCC1.Cl. The van der Waals surface area contributed by atoms with Crippen molar-refractivity contribution in [2.24, 2.45) is 0 Å². The second kappa shape index (κ2) is 2.52. The molecule has 0 heterocycles. The Bertz CT molecular complexity index is 11.6. The summed E-state index contributed by atoms with van der Waals surface area (Å²) in [7, 11) is 0. The molecule has 1 saturated carbocycles. The molecule has 0 aromatic rings. The van der Waals surface area contributed by atoms with Crippen LogP contribution < -0.4 is 0 Å². The molecule has 0 atom stereocenters. The molecule has 1 heteroatoms. The smallest absolute Gasteiger partial charge is 0.0533 e. The highest BCUT2D eigenvalue weighted by Crippen LogP contribution is 2.15. The van der Waals surface area contributed by atoms with Crippen LogP contribution in [0.15, 0.2) is 0 Å². The molecule has 0 N–H and O–H groups in total. The van der Waals surface area contributed by atoms with Gasteiger partial charge in [-0.05, 0) is 0 Å². The van der Waals surface area contributed by atoms with E-state index in [0.717, 1.165) is 0 Å². The van der Waals surface area contributed by atoms with E-state index in [-0.39, 0.29) is 12.4 Å². The topological polar surface area (TPSA) is 0 Å². The van der Waals surface area contributed by atoms with Crippen LogP contribution in [0.2, 0.25) is 0 Å². The first-order valence-corrected chi connectivity index (χ1v) is 2.00. The van der Waals surface area contributed by atoms with Crippen LogP contribution >= 0.6 is 12.4 Å². The molecule has 5 heavy (non-hydrogen) atoms. The van der Waals surface area contributed by atoms with Crippen LogP contribution in [-0.2, 0) is 0 Å². The van der Waals surface area contributed by atoms with Gasteiger partial charge in [0.2, 0.25) is 0 Å². The monoisotopic (exact) mass is 92.0 g/mol. The van der Waals surface area contributed by atoms with Gasteiger partial charge in [0.1, 0.15) is 0 Å². The third-order valence-corrected chi connectivity index (χ3v) is 1.000. The summed E-state index contributed by atoms with van der Waals surface area (Å²) in [6.45, 7) is 0. The zero-order chi connectivity index (χ0) is 2.83. The molecule has 1 aliphatic rings. The van der Waals surface area contributed by atoms with Gasteiger partial charge in [-0.1, -0.05) is 25.7 Å². The first kappa shape index (κ1) is 5.29. The van der Waals surface area contributed by atoms with E-state index >= 15 is 0 Å². The molecular formula is C4H9Cl. The fourth-order valence-electron chi connectivity index (χ4n) is 0.250. The Kier molecular flexibility index (Phi) is 2.67. The van der Waals surface area contributed by atoms with Crippen molar-refractivity contribution in [1.82, 2.24) is 0 Å². The van der Waals surface area contributed by atoms with Gasteiger partial charge in [0.25, 0.3) is 0 Å². The maximum atomic E-state index is 1.50. The van der Waals surface area contributed by atoms with Crippen molar-refractivity contribution in [2.45, 2.75) is 25.7 Å². The minimum absolute atomic E-state index is 0. The highest BCUT2D eigenvalue weighted by atomic mass is 35.5. The van der Waals surface area contributed by atoms with Crippen LogP contribution in [0.3, 0.4) is 0 Å². The van der Waals surface area contributed by atoms with E-state index in [2.05, 4.69) is 0 Å². The molecule has 0 spiro atoms. The molecule has 0 aliphatic heterocycles. The first-order chi connectivity index (χ1) is 2.00. The van der Waals surface area contributed by atoms with Crippen molar-refractivity contribution in [3.63, 3.8) is 0 Å². The number of hydrogen-bond donors (Lipinski definition) is 0. The highest BCUT2D eigenvalue weighted by Gasteiger charge is 1.95. The quantitative estimate of drug-likeness (QED) is 0.429. The van der Waals surface area contributed by atoms with Crippen molar-refractivity contribution in [2.75, 3.05) is 0 Å². The molecule has 1 rings (SSSR count). The standard InChI is InChI=1S/C4H8.ClH/c1-2-4-3-1;/h1-4H2;1H. The van der Waals surface area contributed by atoms with Crippen LogP contribution in [0.25, 0.3) is 0 Å². The molecule has 0 aromatic carbocycles. The van der Waals surface area contributed by atoms with Crippen molar-refractivity contribution in [3.05, 3.63) is 0 Å². The van der Waals surface area contributed by atoms with Gasteiger partial charge in [-0.15, -0.1) is 12.4 Å². The predicted octanol–water partition coefficient (Wildman–Crippen LogP) is 1.98. The Morgan fingerprint density at radius 3 is 0.800 bits per heavy atom. The Labute approximate surface area is 39.0 Å². The van der Waals surface area contributed by atoms with Crippen LogP contribution in [0, 0.1) is 0 Å². The molecule has 0 unspecified atom stereocenters. The Morgan fingerprint density at radius 1 is 0.600 bits per heavy atom. The van der Waals surface area contributed by atoms with E-state index in [0.29, 0.717) is 0 Å². The van der Waals surface area contributed by atoms with Crippen LogP contribution in [0.4, 0.5) is 0 Å². The average Bonchev–Trinajstić information content (AvgIpc) is 0.722. The minimum Gasteiger partial charge on any atom is -0.147 e. The largest absolute Gasteiger partial charge is 0.147 e. The highest BCUT2D eigenvalue weighted by molar-refractivity contribution is 5.85. The summed E-state index contributed by atoms with van der Waals surface area (Å²) in [5, 5.41) is 0. The zero-order valence-electron chi connectivity index (χ0n) is 3.24. The summed E-state index contributed by atoms with van der Waals surface area (Å²) in [6, 6.07) is 0. The lowest BCUT2D eigenvalue weighted by Crippen LogP contribution is -1.85. The van der Waals surface area contributed by atoms with E-state index < -0.39 is 0 Å². The molecule has 1 fully saturated rings. The second-order valence-corrected chi connectivity index (χ2v) is 1.41. The van der Waals surface area contributed by atoms with Gasteiger partial charge in [-0.25, -0.2) is 0 Å². The number of hydrogen-bond acceptors (Lipinski definition) is 0. The van der Waals surface area contributed by atoms with Crippen molar-refractivity contribution >= 4 is 12.4 Å². The second-order valence-electron chi connectivity index (χ2n) is 1.41. The normalized spacial score (nSPS) is 19.2.